The maximum Gasteiger partial charge on any atom is 0.327 e. The maximum atomic E-state index is 12.2. The predicted molar refractivity (Wildman–Crippen MR) is 84.3 cm³/mol. The van der Waals surface area contributed by atoms with Gasteiger partial charge in [-0.1, -0.05) is 25.5 Å². The van der Waals surface area contributed by atoms with E-state index < -0.39 is 0 Å². The van der Waals surface area contributed by atoms with Gasteiger partial charge in [0.25, 0.3) is 0 Å². The van der Waals surface area contributed by atoms with Crippen LogP contribution in [0.3, 0.4) is 0 Å². The van der Waals surface area contributed by atoms with E-state index in [0.717, 1.165) is 18.0 Å². The second kappa shape index (κ2) is 5.56. The van der Waals surface area contributed by atoms with Crippen LogP contribution in [0.4, 0.5) is 10.6 Å². The molecular formula is C15H19ClN4O. The van der Waals surface area contributed by atoms with Crippen molar-refractivity contribution < 1.29 is 4.79 Å². The van der Waals surface area contributed by atoms with Gasteiger partial charge in [-0.25, -0.2) is 4.79 Å². The number of carbonyl (C=O) groups excluding carboxylic acids is 1. The van der Waals surface area contributed by atoms with E-state index in [0.29, 0.717) is 29.9 Å². The number of imidazole rings is 1. The first-order valence-corrected chi connectivity index (χ1v) is 7.64. The van der Waals surface area contributed by atoms with Crippen molar-refractivity contribution in [2.24, 2.45) is 5.92 Å². The minimum atomic E-state index is -0.178. The Kier molecular flexibility index (Phi) is 3.76. The van der Waals surface area contributed by atoms with Crippen molar-refractivity contribution in [3.63, 3.8) is 0 Å². The Bertz CT molecular complexity index is 603. The fraction of sp³-hybridized carbons (Fsp3) is 0.467. The first kappa shape index (κ1) is 14.2. The third-order valence-electron chi connectivity index (χ3n) is 3.95. The number of rotatable bonds is 6. The molecule has 3 rings (SSSR count). The Morgan fingerprint density at radius 2 is 2.24 bits per heavy atom. The molecule has 2 amide bonds. The van der Waals surface area contributed by atoms with Crippen LogP contribution in [0.25, 0.3) is 5.70 Å². The predicted octanol–water partition coefficient (Wildman–Crippen LogP) is 3.41. The SMILES string of the molecule is C=CCn1c(Cl)nc2c1C(=C)NC(=O)N2CCCC1CC1. The van der Waals surface area contributed by atoms with Crippen molar-refractivity contribution in [2.45, 2.75) is 32.2 Å². The molecule has 1 aromatic rings. The molecule has 1 N–H and O–H groups in total. The summed E-state index contributed by atoms with van der Waals surface area (Å²) in [7, 11) is 0. The van der Waals surface area contributed by atoms with E-state index in [1.165, 1.54) is 19.3 Å². The molecule has 1 aliphatic heterocycles. The lowest BCUT2D eigenvalue weighted by Gasteiger charge is -2.28. The first-order valence-electron chi connectivity index (χ1n) is 7.26. The van der Waals surface area contributed by atoms with Crippen molar-refractivity contribution in [3.05, 3.63) is 30.2 Å². The van der Waals surface area contributed by atoms with E-state index in [1.807, 2.05) is 0 Å². The molecule has 21 heavy (non-hydrogen) atoms. The molecule has 5 nitrogen and oxygen atoms in total. The summed E-state index contributed by atoms with van der Waals surface area (Å²) >= 11 is 6.18. The summed E-state index contributed by atoms with van der Waals surface area (Å²) in [6, 6.07) is -0.178. The number of amides is 2. The van der Waals surface area contributed by atoms with Crippen LogP contribution in [0, 0.1) is 5.92 Å². The number of hydrogen-bond acceptors (Lipinski definition) is 2. The molecular weight excluding hydrogens is 288 g/mol. The van der Waals surface area contributed by atoms with Gasteiger partial charge in [-0.05, 0) is 30.4 Å². The quantitative estimate of drug-likeness (QED) is 0.819. The zero-order chi connectivity index (χ0) is 15.0. The summed E-state index contributed by atoms with van der Waals surface area (Å²) in [5.74, 6) is 1.46. The number of allylic oxidation sites excluding steroid dienone is 1. The number of hydrogen-bond donors (Lipinski definition) is 1. The molecule has 1 aliphatic carbocycles. The molecule has 0 atom stereocenters. The number of nitrogens with zero attached hydrogens (tertiary/aromatic N) is 3. The molecule has 0 radical (unpaired) electrons. The summed E-state index contributed by atoms with van der Waals surface area (Å²) in [6.07, 6.45) is 6.55. The smallest absolute Gasteiger partial charge is 0.308 e. The maximum absolute atomic E-state index is 12.2. The molecule has 112 valence electrons. The summed E-state index contributed by atoms with van der Waals surface area (Å²) in [4.78, 5) is 18.2. The number of aromatic nitrogens is 2. The number of carbonyl (C=O) groups is 1. The molecule has 1 saturated carbocycles. The zero-order valence-electron chi connectivity index (χ0n) is 11.9. The topological polar surface area (TPSA) is 50.2 Å². The third-order valence-corrected chi connectivity index (χ3v) is 4.24. The minimum Gasteiger partial charge on any atom is -0.308 e. The van der Waals surface area contributed by atoms with Crippen molar-refractivity contribution in [1.82, 2.24) is 14.9 Å². The highest BCUT2D eigenvalue weighted by Crippen LogP contribution is 2.35. The lowest BCUT2D eigenvalue weighted by Crippen LogP contribution is -2.44. The van der Waals surface area contributed by atoms with Gasteiger partial charge in [-0.3, -0.25) is 4.90 Å². The van der Waals surface area contributed by atoms with Crippen LogP contribution in [-0.2, 0) is 6.54 Å². The summed E-state index contributed by atoms with van der Waals surface area (Å²) in [6.45, 7) is 8.82. The molecule has 0 saturated heterocycles. The number of halogens is 1. The number of nitrogens with one attached hydrogen (secondary N) is 1. The number of anilines is 1. The Morgan fingerprint density at radius 1 is 1.48 bits per heavy atom. The van der Waals surface area contributed by atoms with E-state index in [9.17, 15) is 4.79 Å². The standard InChI is InChI=1S/C15H19ClN4O/c1-3-8-19-12-10(2)17-15(21)20(13(12)18-14(19)16)9-4-5-11-6-7-11/h3,11H,1-2,4-9H2,(H,17,21). The zero-order valence-corrected chi connectivity index (χ0v) is 12.7. The Balaban J connectivity index is 1.86. The molecule has 0 bridgehead atoms. The van der Waals surface area contributed by atoms with Gasteiger partial charge in [0.15, 0.2) is 5.82 Å². The Morgan fingerprint density at radius 3 is 2.90 bits per heavy atom. The largest absolute Gasteiger partial charge is 0.327 e. The summed E-state index contributed by atoms with van der Waals surface area (Å²) in [5.41, 5.74) is 1.31. The van der Waals surface area contributed by atoms with Crippen molar-refractivity contribution in [1.29, 1.82) is 0 Å². The average molecular weight is 307 g/mol. The van der Waals surface area contributed by atoms with E-state index >= 15 is 0 Å². The van der Waals surface area contributed by atoms with Crippen molar-refractivity contribution in [2.75, 3.05) is 11.4 Å². The van der Waals surface area contributed by atoms with Gasteiger partial charge in [0, 0.05) is 13.1 Å². The molecule has 0 spiro atoms. The molecule has 2 aliphatic rings. The summed E-state index contributed by atoms with van der Waals surface area (Å²) in [5, 5.41) is 3.14. The van der Waals surface area contributed by atoms with Crippen molar-refractivity contribution >= 4 is 29.1 Å². The van der Waals surface area contributed by atoms with E-state index in [-0.39, 0.29) is 6.03 Å². The average Bonchev–Trinajstić information content (AvgIpc) is 3.19. The van der Waals surface area contributed by atoms with E-state index in [2.05, 4.69) is 23.5 Å². The highest BCUT2D eigenvalue weighted by Gasteiger charge is 2.32. The fourth-order valence-electron chi connectivity index (χ4n) is 2.70. The van der Waals surface area contributed by atoms with Crippen LogP contribution in [-0.4, -0.2) is 22.1 Å². The van der Waals surface area contributed by atoms with Crippen LogP contribution in [0.2, 0.25) is 5.28 Å². The number of fused-ring (bicyclic) bond motifs is 1. The Labute approximate surface area is 129 Å². The van der Waals surface area contributed by atoms with Crippen LogP contribution in [0.15, 0.2) is 19.2 Å². The molecule has 1 aromatic heterocycles. The minimum absolute atomic E-state index is 0.178. The monoisotopic (exact) mass is 306 g/mol. The first-order chi connectivity index (χ1) is 10.1. The van der Waals surface area contributed by atoms with Gasteiger partial charge in [0.2, 0.25) is 5.28 Å². The van der Waals surface area contributed by atoms with Gasteiger partial charge in [0.05, 0.1) is 5.70 Å². The van der Waals surface area contributed by atoms with Crippen LogP contribution < -0.4 is 10.2 Å². The second-order valence-corrected chi connectivity index (χ2v) is 5.94. The van der Waals surface area contributed by atoms with Gasteiger partial charge in [0.1, 0.15) is 5.69 Å². The summed E-state index contributed by atoms with van der Waals surface area (Å²) < 4.78 is 1.81. The van der Waals surface area contributed by atoms with Crippen molar-refractivity contribution in [3.8, 4) is 0 Å². The lowest BCUT2D eigenvalue weighted by molar-refractivity contribution is 0.249. The molecule has 0 aromatic carbocycles. The Hall–Kier alpha value is -1.75. The normalized spacial score (nSPS) is 17.7. The highest BCUT2D eigenvalue weighted by molar-refractivity contribution is 6.29. The lowest BCUT2D eigenvalue weighted by atomic mass is 10.2. The van der Waals surface area contributed by atoms with Crippen LogP contribution in [0.1, 0.15) is 31.4 Å². The van der Waals surface area contributed by atoms with Gasteiger partial charge >= 0.3 is 6.03 Å². The van der Waals surface area contributed by atoms with E-state index in [1.54, 1.807) is 15.5 Å². The highest BCUT2D eigenvalue weighted by atomic mass is 35.5. The van der Waals surface area contributed by atoms with Gasteiger partial charge < -0.3 is 9.88 Å². The third kappa shape index (κ3) is 2.70. The molecule has 1 fully saturated rings. The molecule has 0 unspecified atom stereocenters. The second-order valence-electron chi connectivity index (χ2n) is 5.60. The molecule has 6 heteroatoms. The van der Waals surface area contributed by atoms with E-state index in [4.69, 9.17) is 11.6 Å². The van der Waals surface area contributed by atoms with Gasteiger partial charge in [-0.2, -0.15) is 4.98 Å². The van der Waals surface area contributed by atoms with Gasteiger partial charge in [-0.15, -0.1) is 6.58 Å². The number of urea groups is 1. The fourth-order valence-corrected chi connectivity index (χ4v) is 2.93. The molecule has 2 heterocycles. The van der Waals surface area contributed by atoms with Crippen LogP contribution >= 0.6 is 11.6 Å². The van der Waals surface area contributed by atoms with Crippen LogP contribution in [0.5, 0.6) is 0 Å².